The van der Waals surface area contributed by atoms with Crippen LogP contribution in [0.1, 0.15) is 11.6 Å². The number of anilines is 1. The molecule has 102 valence electrons. The highest BCUT2D eigenvalue weighted by atomic mass is 35.5. The molecule has 1 atom stereocenters. The van der Waals surface area contributed by atoms with Gasteiger partial charge in [0.1, 0.15) is 6.04 Å². The molecular formula is C15H10Cl3NO. The fraction of sp³-hybridized carbons (Fsp3) is 0.133. The Bertz CT molecular complexity index is 640. The number of benzene rings is 2. The molecule has 0 aromatic heterocycles. The van der Waals surface area contributed by atoms with E-state index in [9.17, 15) is 4.79 Å². The summed E-state index contributed by atoms with van der Waals surface area (Å²) in [5, 5.41) is 0.612. The molecule has 20 heavy (non-hydrogen) atoms. The van der Waals surface area contributed by atoms with E-state index in [-0.39, 0.29) is 5.91 Å². The van der Waals surface area contributed by atoms with Gasteiger partial charge in [-0.25, -0.2) is 0 Å². The van der Waals surface area contributed by atoms with Crippen molar-refractivity contribution in [3.63, 3.8) is 0 Å². The van der Waals surface area contributed by atoms with Crippen molar-refractivity contribution in [2.24, 2.45) is 0 Å². The largest absolute Gasteiger partial charge is 0.299 e. The third-order valence-corrected chi connectivity index (χ3v) is 4.31. The van der Waals surface area contributed by atoms with Crippen LogP contribution in [0.4, 0.5) is 5.69 Å². The van der Waals surface area contributed by atoms with E-state index in [4.69, 9.17) is 34.8 Å². The molecule has 5 heteroatoms. The van der Waals surface area contributed by atoms with Gasteiger partial charge in [0.2, 0.25) is 4.33 Å². The minimum absolute atomic E-state index is 0.322. The van der Waals surface area contributed by atoms with Crippen LogP contribution in [-0.4, -0.2) is 10.2 Å². The lowest BCUT2D eigenvalue weighted by atomic mass is 9.92. The first-order chi connectivity index (χ1) is 9.51. The summed E-state index contributed by atoms with van der Waals surface area (Å²) in [5.74, 6) is -0.322. The Morgan fingerprint density at radius 2 is 1.55 bits per heavy atom. The van der Waals surface area contributed by atoms with Crippen LogP contribution in [0.15, 0.2) is 54.6 Å². The summed E-state index contributed by atoms with van der Waals surface area (Å²) in [4.78, 5) is 13.8. The number of β-lactam (4-membered cyclic amide) rings is 1. The van der Waals surface area contributed by atoms with E-state index in [1.807, 2.05) is 30.3 Å². The molecule has 1 fully saturated rings. The predicted octanol–water partition coefficient (Wildman–Crippen LogP) is 4.60. The molecule has 1 aliphatic heterocycles. The van der Waals surface area contributed by atoms with Crippen LogP contribution in [0.3, 0.4) is 0 Å². The maximum absolute atomic E-state index is 12.2. The Morgan fingerprint density at radius 3 is 2.15 bits per heavy atom. The first kappa shape index (κ1) is 13.7. The van der Waals surface area contributed by atoms with Crippen molar-refractivity contribution in [1.29, 1.82) is 0 Å². The van der Waals surface area contributed by atoms with Crippen molar-refractivity contribution in [2.45, 2.75) is 10.4 Å². The number of halogens is 3. The molecule has 0 radical (unpaired) electrons. The van der Waals surface area contributed by atoms with Crippen molar-refractivity contribution >= 4 is 46.4 Å². The summed E-state index contributed by atoms with van der Waals surface area (Å²) in [6.07, 6.45) is 0. The third kappa shape index (κ3) is 2.08. The maximum atomic E-state index is 12.2. The first-order valence-electron chi connectivity index (χ1n) is 6.04. The number of carbonyl (C=O) groups is 1. The number of nitrogens with zero attached hydrogens (tertiary/aromatic N) is 1. The van der Waals surface area contributed by atoms with E-state index in [1.54, 1.807) is 29.2 Å². The molecule has 0 aliphatic carbocycles. The number of hydrogen-bond donors (Lipinski definition) is 0. The summed E-state index contributed by atoms with van der Waals surface area (Å²) < 4.78 is -1.43. The molecule has 3 rings (SSSR count). The molecule has 1 unspecified atom stereocenters. The number of hydrogen-bond acceptors (Lipinski definition) is 1. The molecule has 1 amide bonds. The SMILES string of the molecule is O=C1N(c2ccc(Cl)cc2)C(c2ccccc2)C1(Cl)Cl. The molecule has 1 aliphatic rings. The molecule has 2 aromatic rings. The number of amides is 1. The van der Waals surface area contributed by atoms with Crippen molar-refractivity contribution in [1.82, 2.24) is 0 Å². The summed E-state index contributed by atoms with van der Waals surface area (Å²) >= 11 is 18.2. The minimum atomic E-state index is -1.43. The van der Waals surface area contributed by atoms with Crippen LogP contribution in [0.2, 0.25) is 5.02 Å². The molecule has 1 heterocycles. The fourth-order valence-electron chi connectivity index (χ4n) is 2.35. The zero-order valence-corrected chi connectivity index (χ0v) is 12.5. The van der Waals surface area contributed by atoms with Gasteiger partial charge >= 0.3 is 0 Å². The zero-order chi connectivity index (χ0) is 14.3. The van der Waals surface area contributed by atoms with Crippen molar-refractivity contribution in [3.8, 4) is 0 Å². The fourth-order valence-corrected chi connectivity index (χ4v) is 3.11. The van der Waals surface area contributed by atoms with Crippen LogP contribution in [0, 0.1) is 0 Å². The highest BCUT2D eigenvalue weighted by Crippen LogP contribution is 2.52. The van der Waals surface area contributed by atoms with E-state index in [0.717, 1.165) is 11.3 Å². The predicted molar refractivity (Wildman–Crippen MR) is 82.6 cm³/mol. The Labute approximate surface area is 131 Å². The lowest BCUT2D eigenvalue weighted by molar-refractivity contribution is -0.125. The maximum Gasteiger partial charge on any atom is 0.266 e. The van der Waals surface area contributed by atoms with Gasteiger partial charge in [-0.05, 0) is 29.8 Å². The van der Waals surface area contributed by atoms with Gasteiger partial charge in [0, 0.05) is 10.7 Å². The summed E-state index contributed by atoms with van der Waals surface area (Å²) in [7, 11) is 0. The highest BCUT2D eigenvalue weighted by Gasteiger charge is 2.60. The van der Waals surface area contributed by atoms with E-state index in [0.29, 0.717) is 5.02 Å². The third-order valence-electron chi connectivity index (χ3n) is 3.33. The Morgan fingerprint density at radius 1 is 0.950 bits per heavy atom. The van der Waals surface area contributed by atoms with Gasteiger partial charge in [0.15, 0.2) is 0 Å². The van der Waals surface area contributed by atoms with Gasteiger partial charge in [0.05, 0.1) is 0 Å². The van der Waals surface area contributed by atoms with E-state index in [1.165, 1.54) is 0 Å². The van der Waals surface area contributed by atoms with E-state index >= 15 is 0 Å². The van der Waals surface area contributed by atoms with Gasteiger partial charge in [0.25, 0.3) is 5.91 Å². The molecule has 1 saturated heterocycles. The second-order valence-corrected chi connectivity index (χ2v) is 6.41. The lowest BCUT2D eigenvalue weighted by Crippen LogP contribution is -2.62. The zero-order valence-electron chi connectivity index (χ0n) is 10.3. The molecule has 0 saturated carbocycles. The van der Waals surface area contributed by atoms with Crippen LogP contribution in [0.5, 0.6) is 0 Å². The number of alkyl halides is 2. The first-order valence-corrected chi connectivity index (χ1v) is 7.17. The Balaban J connectivity index is 2.02. The van der Waals surface area contributed by atoms with Gasteiger partial charge in [-0.3, -0.25) is 9.69 Å². The van der Waals surface area contributed by atoms with Crippen molar-refractivity contribution < 1.29 is 4.79 Å². The average molecular weight is 327 g/mol. The van der Waals surface area contributed by atoms with Crippen LogP contribution < -0.4 is 4.90 Å². The Hall–Kier alpha value is -1.22. The van der Waals surface area contributed by atoms with E-state index in [2.05, 4.69) is 0 Å². The van der Waals surface area contributed by atoms with Crippen LogP contribution >= 0.6 is 34.8 Å². The molecule has 0 N–H and O–H groups in total. The monoisotopic (exact) mass is 325 g/mol. The second kappa shape index (κ2) is 4.96. The second-order valence-electron chi connectivity index (χ2n) is 4.59. The van der Waals surface area contributed by atoms with Gasteiger partial charge in [-0.15, -0.1) is 0 Å². The topological polar surface area (TPSA) is 20.3 Å². The summed E-state index contributed by atoms with van der Waals surface area (Å²) in [5.41, 5.74) is 1.62. The van der Waals surface area contributed by atoms with Crippen LogP contribution in [-0.2, 0) is 4.79 Å². The van der Waals surface area contributed by atoms with Crippen molar-refractivity contribution in [3.05, 3.63) is 65.2 Å². The molecule has 2 nitrogen and oxygen atoms in total. The average Bonchev–Trinajstić information content (AvgIpc) is 2.46. The normalized spacial score (nSPS) is 20.6. The highest BCUT2D eigenvalue weighted by molar-refractivity contribution is 6.62. The Kier molecular flexibility index (Phi) is 3.41. The van der Waals surface area contributed by atoms with Gasteiger partial charge < -0.3 is 0 Å². The summed E-state index contributed by atoms with van der Waals surface area (Å²) in [6, 6.07) is 16.1. The van der Waals surface area contributed by atoms with Crippen LogP contribution in [0.25, 0.3) is 0 Å². The van der Waals surface area contributed by atoms with Gasteiger partial charge in [-0.1, -0.05) is 65.1 Å². The number of rotatable bonds is 2. The van der Waals surface area contributed by atoms with E-state index < -0.39 is 10.4 Å². The summed E-state index contributed by atoms with van der Waals surface area (Å²) in [6.45, 7) is 0. The van der Waals surface area contributed by atoms with Crippen molar-refractivity contribution in [2.75, 3.05) is 4.90 Å². The quantitative estimate of drug-likeness (QED) is 0.583. The van der Waals surface area contributed by atoms with Gasteiger partial charge in [-0.2, -0.15) is 0 Å². The molecule has 0 spiro atoms. The standard InChI is InChI=1S/C15H10Cl3NO/c16-11-6-8-12(9-7-11)19-13(15(17,18)14(19)20)10-4-2-1-3-5-10/h1-9,13H. The minimum Gasteiger partial charge on any atom is -0.299 e. The molecular weight excluding hydrogens is 317 g/mol. The number of carbonyl (C=O) groups excluding carboxylic acids is 1. The molecule has 2 aromatic carbocycles. The molecule has 0 bridgehead atoms. The smallest absolute Gasteiger partial charge is 0.266 e. The lowest BCUT2D eigenvalue weighted by Gasteiger charge is -2.49.